The lowest BCUT2D eigenvalue weighted by Gasteiger charge is -2.27. The maximum absolute atomic E-state index is 12.4. The molecule has 0 unspecified atom stereocenters. The predicted octanol–water partition coefficient (Wildman–Crippen LogP) is 3.57. The molecule has 4 nitrogen and oxygen atoms in total. The summed E-state index contributed by atoms with van der Waals surface area (Å²) in [6, 6.07) is 6.03. The topological polar surface area (TPSA) is 45.2 Å². The molecule has 2 rings (SSSR count). The molecule has 2 amide bonds. The molecule has 0 aliphatic heterocycles. The van der Waals surface area contributed by atoms with Crippen molar-refractivity contribution < 1.29 is 4.79 Å². The number of carbonyl (C=O) groups excluding carboxylic acids is 1. The standard InChI is InChI=1S/C16H21N3OS/c1-12(2)19(11-15-13(3)6-9-21-15)16(20)18-10-14-4-7-17-8-5-14/h4-9,12H,10-11H2,1-3H3,(H,18,20). The zero-order chi connectivity index (χ0) is 15.2. The third kappa shape index (κ3) is 4.29. The highest BCUT2D eigenvalue weighted by Crippen LogP contribution is 2.19. The number of rotatable bonds is 5. The second-order valence-corrected chi connectivity index (χ2v) is 6.26. The summed E-state index contributed by atoms with van der Waals surface area (Å²) >= 11 is 1.70. The number of nitrogens with zero attached hydrogens (tertiary/aromatic N) is 2. The van der Waals surface area contributed by atoms with Gasteiger partial charge in [-0.3, -0.25) is 4.98 Å². The summed E-state index contributed by atoms with van der Waals surface area (Å²) in [5.41, 5.74) is 2.29. The molecule has 0 spiro atoms. The Labute approximate surface area is 129 Å². The predicted molar refractivity (Wildman–Crippen MR) is 86.2 cm³/mol. The fourth-order valence-corrected chi connectivity index (χ4v) is 2.89. The van der Waals surface area contributed by atoms with Crippen LogP contribution in [0.25, 0.3) is 0 Å². The van der Waals surface area contributed by atoms with Crippen LogP contribution in [0.5, 0.6) is 0 Å². The lowest BCUT2D eigenvalue weighted by molar-refractivity contribution is 0.180. The number of nitrogens with one attached hydrogen (secondary N) is 1. The second-order valence-electron chi connectivity index (χ2n) is 5.26. The molecule has 112 valence electrons. The Morgan fingerprint density at radius 2 is 2.05 bits per heavy atom. The average molecular weight is 303 g/mol. The van der Waals surface area contributed by atoms with Crippen LogP contribution in [0.2, 0.25) is 0 Å². The van der Waals surface area contributed by atoms with E-state index in [1.54, 1.807) is 23.7 Å². The van der Waals surface area contributed by atoms with Crippen LogP contribution in [0, 0.1) is 6.92 Å². The van der Waals surface area contributed by atoms with Gasteiger partial charge < -0.3 is 10.2 Å². The number of hydrogen-bond acceptors (Lipinski definition) is 3. The van der Waals surface area contributed by atoms with Crippen LogP contribution < -0.4 is 5.32 Å². The second kappa shape index (κ2) is 7.22. The van der Waals surface area contributed by atoms with E-state index in [9.17, 15) is 4.79 Å². The van der Waals surface area contributed by atoms with Gasteiger partial charge >= 0.3 is 6.03 Å². The molecule has 5 heteroatoms. The largest absolute Gasteiger partial charge is 0.334 e. The van der Waals surface area contributed by atoms with Crippen molar-refractivity contribution in [2.45, 2.75) is 39.9 Å². The van der Waals surface area contributed by atoms with Crippen LogP contribution in [-0.4, -0.2) is 22.0 Å². The number of urea groups is 1. The molecule has 0 saturated carbocycles. The quantitative estimate of drug-likeness (QED) is 0.917. The molecule has 0 fully saturated rings. The number of pyridine rings is 1. The van der Waals surface area contributed by atoms with Crippen LogP contribution >= 0.6 is 11.3 Å². The average Bonchev–Trinajstić information content (AvgIpc) is 2.88. The first-order chi connectivity index (χ1) is 10.1. The third-order valence-electron chi connectivity index (χ3n) is 3.36. The van der Waals surface area contributed by atoms with Gasteiger partial charge in [-0.1, -0.05) is 0 Å². The molecule has 0 aliphatic rings. The van der Waals surface area contributed by atoms with Gasteiger partial charge in [-0.15, -0.1) is 11.3 Å². The van der Waals surface area contributed by atoms with Crippen molar-refractivity contribution in [3.63, 3.8) is 0 Å². The van der Waals surface area contributed by atoms with Crippen LogP contribution in [0.3, 0.4) is 0 Å². The van der Waals surface area contributed by atoms with Gasteiger partial charge in [0.25, 0.3) is 0 Å². The highest BCUT2D eigenvalue weighted by Gasteiger charge is 2.18. The Morgan fingerprint density at radius 3 is 2.62 bits per heavy atom. The van der Waals surface area contributed by atoms with Crippen LogP contribution in [0.4, 0.5) is 4.79 Å². The van der Waals surface area contributed by atoms with E-state index in [-0.39, 0.29) is 12.1 Å². The van der Waals surface area contributed by atoms with Gasteiger partial charge in [-0.25, -0.2) is 4.79 Å². The highest BCUT2D eigenvalue weighted by molar-refractivity contribution is 7.10. The summed E-state index contributed by atoms with van der Waals surface area (Å²) in [5.74, 6) is 0. The molecule has 0 saturated heterocycles. The van der Waals surface area contributed by atoms with Crippen molar-refractivity contribution in [3.05, 3.63) is 52.0 Å². The van der Waals surface area contributed by atoms with Crippen molar-refractivity contribution in [2.24, 2.45) is 0 Å². The van der Waals surface area contributed by atoms with Crippen molar-refractivity contribution in [2.75, 3.05) is 0 Å². The van der Waals surface area contributed by atoms with Crippen molar-refractivity contribution in [1.29, 1.82) is 0 Å². The monoisotopic (exact) mass is 303 g/mol. The normalized spacial score (nSPS) is 10.7. The molecule has 0 bridgehead atoms. The number of amides is 2. The Morgan fingerprint density at radius 1 is 1.33 bits per heavy atom. The van der Waals surface area contributed by atoms with E-state index in [1.165, 1.54) is 10.4 Å². The molecular weight excluding hydrogens is 282 g/mol. The third-order valence-corrected chi connectivity index (χ3v) is 4.37. The van der Waals surface area contributed by atoms with Gasteiger partial charge in [0.2, 0.25) is 0 Å². The van der Waals surface area contributed by atoms with E-state index in [4.69, 9.17) is 0 Å². The minimum atomic E-state index is -0.0328. The minimum absolute atomic E-state index is 0.0328. The van der Waals surface area contributed by atoms with Crippen molar-refractivity contribution in [3.8, 4) is 0 Å². The molecule has 0 aliphatic carbocycles. The number of carbonyl (C=O) groups is 1. The summed E-state index contributed by atoms with van der Waals surface area (Å²) in [6.45, 7) is 7.33. The fraction of sp³-hybridized carbons (Fsp3) is 0.375. The number of hydrogen-bond donors (Lipinski definition) is 1. The fourth-order valence-electron chi connectivity index (χ4n) is 1.99. The van der Waals surface area contributed by atoms with Gasteiger partial charge in [-0.2, -0.15) is 0 Å². The summed E-state index contributed by atoms with van der Waals surface area (Å²) < 4.78 is 0. The van der Waals surface area contributed by atoms with E-state index in [1.807, 2.05) is 30.9 Å². The molecule has 2 heterocycles. The molecule has 0 atom stereocenters. The smallest absolute Gasteiger partial charge is 0.318 e. The van der Waals surface area contributed by atoms with Gasteiger partial charge in [0.15, 0.2) is 0 Å². The van der Waals surface area contributed by atoms with Crippen molar-refractivity contribution in [1.82, 2.24) is 15.2 Å². The highest BCUT2D eigenvalue weighted by atomic mass is 32.1. The van der Waals surface area contributed by atoms with E-state index >= 15 is 0 Å². The maximum Gasteiger partial charge on any atom is 0.318 e. The lowest BCUT2D eigenvalue weighted by Crippen LogP contribution is -2.43. The summed E-state index contributed by atoms with van der Waals surface area (Å²) in [5, 5.41) is 5.04. The van der Waals surface area contributed by atoms with Crippen LogP contribution in [0.1, 0.15) is 29.9 Å². The first-order valence-corrected chi connectivity index (χ1v) is 7.92. The van der Waals surface area contributed by atoms with Gasteiger partial charge in [0.1, 0.15) is 0 Å². The molecule has 2 aromatic heterocycles. The zero-order valence-electron chi connectivity index (χ0n) is 12.7. The zero-order valence-corrected chi connectivity index (χ0v) is 13.5. The Hall–Kier alpha value is -1.88. The van der Waals surface area contributed by atoms with E-state index in [0.29, 0.717) is 13.1 Å². The number of aryl methyl sites for hydroxylation is 1. The lowest BCUT2D eigenvalue weighted by atomic mass is 10.2. The summed E-state index contributed by atoms with van der Waals surface area (Å²) in [7, 11) is 0. The Bertz CT molecular complexity index is 580. The first kappa shape index (κ1) is 15.5. The SMILES string of the molecule is Cc1ccsc1CN(C(=O)NCc1ccncc1)C(C)C. The van der Waals surface area contributed by atoms with E-state index < -0.39 is 0 Å². The number of aromatic nitrogens is 1. The molecular formula is C16H21N3OS. The molecule has 0 radical (unpaired) electrons. The molecule has 1 N–H and O–H groups in total. The van der Waals surface area contributed by atoms with Gasteiger partial charge in [0, 0.05) is 29.9 Å². The van der Waals surface area contributed by atoms with Crippen molar-refractivity contribution >= 4 is 17.4 Å². The van der Waals surface area contributed by atoms with E-state index in [0.717, 1.165) is 5.56 Å². The molecule has 21 heavy (non-hydrogen) atoms. The van der Waals surface area contributed by atoms with Crippen LogP contribution in [0.15, 0.2) is 36.0 Å². The van der Waals surface area contributed by atoms with Gasteiger partial charge in [0.05, 0.1) is 6.54 Å². The maximum atomic E-state index is 12.4. The minimum Gasteiger partial charge on any atom is -0.334 e. The Balaban J connectivity index is 1.98. The first-order valence-electron chi connectivity index (χ1n) is 7.04. The van der Waals surface area contributed by atoms with E-state index in [2.05, 4.69) is 28.7 Å². The Kier molecular flexibility index (Phi) is 5.33. The number of thiophene rings is 1. The summed E-state index contributed by atoms with van der Waals surface area (Å²) in [4.78, 5) is 19.5. The van der Waals surface area contributed by atoms with Crippen LogP contribution in [-0.2, 0) is 13.1 Å². The molecule has 2 aromatic rings. The van der Waals surface area contributed by atoms with Gasteiger partial charge in [-0.05, 0) is 55.5 Å². The molecule has 0 aromatic carbocycles. The summed E-state index contributed by atoms with van der Waals surface area (Å²) in [6.07, 6.45) is 3.47.